The van der Waals surface area contributed by atoms with Gasteiger partial charge in [0.1, 0.15) is 5.17 Å². The molecule has 0 aromatic heterocycles. The number of benzene rings is 1. The first-order chi connectivity index (χ1) is 7.58. The van der Waals surface area contributed by atoms with Gasteiger partial charge in [0, 0.05) is 30.3 Å². The van der Waals surface area contributed by atoms with Crippen LogP contribution in [0.15, 0.2) is 33.9 Å². The molecule has 0 bridgehead atoms. The first-order valence-electron chi connectivity index (χ1n) is 4.95. The number of rotatable bonds is 1. The molecule has 0 radical (unpaired) electrons. The van der Waals surface area contributed by atoms with Crippen molar-refractivity contribution in [1.82, 2.24) is 4.90 Å². The van der Waals surface area contributed by atoms with Crippen LogP contribution in [0.25, 0.3) is 5.57 Å². The van der Waals surface area contributed by atoms with Crippen LogP contribution in [0.3, 0.4) is 0 Å². The van der Waals surface area contributed by atoms with Gasteiger partial charge in [-0.15, -0.1) is 0 Å². The van der Waals surface area contributed by atoms with Crippen molar-refractivity contribution in [2.45, 2.75) is 6.54 Å². The summed E-state index contributed by atoms with van der Waals surface area (Å²) in [6.07, 6.45) is 2.00. The molecular weight excluding hydrogens is 288 g/mol. The highest BCUT2D eigenvalue weighted by Crippen LogP contribution is 2.30. The third-order valence-corrected chi connectivity index (χ3v) is 3.17. The zero-order valence-electron chi connectivity index (χ0n) is 9.17. The molecule has 0 amide bonds. The fourth-order valence-electron chi connectivity index (χ4n) is 1.69. The largest absolute Gasteiger partial charge is 0.383 e. The van der Waals surface area contributed by atoms with Gasteiger partial charge in [-0.3, -0.25) is 4.99 Å². The highest BCUT2D eigenvalue weighted by Gasteiger charge is 2.17. The molecule has 0 spiro atoms. The second-order valence-corrected chi connectivity index (χ2v) is 5.19. The maximum absolute atomic E-state index is 6.14. The van der Waals surface area contributed by atoms with Crippen molar-refractivity contribution in [3.05, 3.63) is 40.0 Å². The summed E-state index contributed by atoms with van der Waals surface area (Å²) in [7, 11) is 3.95. The quantitative estimate of drug-likeness (QED) is 0.775. The van der Waals surface area contributed by atoms with Gasteiger partial charge in [0.2, 0.25) is 0 Å². The fourth-order valence-corrected chi connectivity index (χ4v) is 2.31. The maximum atomic E-state index is 6.14. The van der Waals surface area contributed by atoms with E-state index in [0.29, 0.717) is 11.7 Å². The van der Waals surface area contributed by atoms with E-state index in [0.717, 1.165) is 15.6 Å². The lowest BCUT2D eigenvalue weighted by Crippen LogP contribution is -2.10. The second-order valence-electron chi connectivity index (χ2n) is 3.91. The third kappa shape index (κ3) is 2.30. The van der Waals surface area contributed by atoms with E-state index >= 15 is 0 Å². The summed E-state index contributed by atoms with van der Waals surface area (Å²) in [5.41, 5.74) is 3.35. The molecular formula is C12H12BrClN2. The summed E-state index contributed by atoms with van der Waals surface area (Å²) >= 11 is 9.60. The van der Waals surface area contributed by atoms with Gasteiger partial charge >= 0.3 is 0 Å². The molecule has 1 aromatic carbocycles. The average Bonchev–Trinajstić information content (AvgIpc) is 2.22. The van der Waals surface area contributed by atoms with E-state index in [4.69, 9.17) is 11.6 Å². The molecule has 1 aromatic rings. The Morgan fingerprint density at radius 2 is 2.19 bits per heavy atom. The van der Waals surface area contributed by atoms with Crippen molar-refractivity contribution in [3.63, 3.8) is 0 Å². The molecule has 84 valence electrons. The molecule has 2 nitrogen and oxygen atoms in total. The molecule has 4 heteroatoms. The van der Waals surface area contributed by atoms with Crippen LogP contribution in [0.4, 0.5) is 0 Å². The number of halogens is 2. The van der Waals surface area contributed by atoms with Crippen LogP contribution in [0, 0.1) is 0 Å². The smallest absolute Gasteiger partial charge is 0.133 e. The summed E-state index contributed by atoms with van der Waals surface area (Å²) in [4.78, 5) is 6.29. The molecule has 1 aliphatic heterocycles. The summed E-state index contributed by atoms with van der Waals surface area (Å²) in [6, 6.07) is 6.19. The molecule has 1 aliphatic rings. The van der Waals surface area contributed by atoms with Gasteiger partial charge in [-0.1, -0.05) is 33.6 Å². The van der Waals surface area contributed by atoms with Crippen LogP contribution in [-0.2, 0) is 6.54 Å². The summed E-state index contributed by atoms with van der Waals surface area (Å²) in [6.45, 7) is 0.651. The first kappa shape index (κ1) is 11.7. The standard InChI is InChI=1S/C12H12BrClN2/c1-16(2)7-11-10-4-3-9(13)5-8(10)6-15-12(11)14/h3-5,7H,6H2,1-2H3. The van der Waals surface area contributed by atoms with E-state index in [9.17, 15) is 0 Å². The molecule has 0 saturated carbocycles. The summed E-state index contributed by atoms with van der Waals surface area (Å²) in [5, 5.41) is 0.587. The fraction of sp³-hybridized carbons (Fsp3) is 0.250. The van der Waals surface area contributed by atoms with Crippen molar-refractivity contribution in [3.8, 4) is 0 Å². The number of nitrogens with zero attached hydrogens (tertiary/aromatic N) is 2. The van der Waals surface area contributed by atoms with Crippen LogP contribution >= 0.6 is 27.5 Å². The van der Waals surface area contributed by atoms with E-state index in [1.54, 1.807) is 0 Å². The van der Waals surface area contributed by atoms with E-state index in [1.165, 1.54) is 5.56 Å². The van der Waals surface area contributed by atoms with Crippen LogP contribution in [0.2, 0.25) is 0 Å². The average molecular weight is 300 g/mol. The first-order valence-corrected chi connectivity index (χ1v) is 6.12. The summed E-state index contributed by atoms with van der Waals surface area (Å²) < 4.78 is 1.07. The predicted octanol–water partition coefficient (Wildman–Crippen LogP) is 3.50. The Balaban J connectivity index is 2.53. The van der Waals surface area contributed by atoms with Gasteiger partial charge in [0.15, 0.2) is 0 Å². The Labute approximate surface area is 109 Å². The SMILES string of the molecule is CN(C)C=C1C(Cl)=NCc2cc(Br)ccc21. The van der Waals surface area contributed by atoms with Gasteiger partial charge < -0.3 is 4.90 Å². The molecule has 0 N–H and O–H groups in total. The van der Waals surface area contributed by atoms with Gasteiger partial charge in [-0.05, 0) is 23.3 Å². The molecule has 0 saturated heterocycles. The van der Waals surface area contributed by atoms with Gasteiger partial charge in [0.05, 0.1) is 6.54 Å². The number of allylic oxidation sites excluding steroid dienone is 1. The van der Waals surface area contributed by atoms with Gasteiger partial charge in [-0.25, -0.2) is 0 Å². The number of aliphatic imine (C=N–C) groups is 1. The molecule has 2 rings (SSSR count). The highest BCUT2D eigenvalue weighted by atomic mass is 79.9. The number of fused-ring (bicyclic) bond motifs is 1. The van der Waals surface area contributed by atoms with Crippen LogP contribution in [0.5, 0.6) is 0 Å². The zero-order valence-corrected chi connectivity index (χ0v) is 11.5. The van der Waals surface area contributed by atoms with Crippen molar-refractivity contribution in [2.24, 2.45) is 4.99 Å². The molecule has 0 unspecified atom stereocenters. The van der Waals surface area contributed by atoms with E-state index in [-0.39, 0.29) is 0 Å². The number of hydrogen-bond donors (Lipinski definition) is 0. The van der Waals surface area contributed by atoms with Crippen LogP contribution < -0.4 is 0 Å². The van der Waals surface area contributed by atoms with Crippen molar-refractivity contribution < 1.29 is 0 Å². The normalized spacial score (nSPS) is 17.0. The lowest BCUT2D eigenvalue weighted by atomic mass is 9.98. The molecule has 0 fully saturated rings. The zero-order chi connectivity index (χ0) is 11.7. The Kier molecular flexibility index (Phi) is 3.36. The molecule has 0 atom stereocenters. The van der Waals surface area contributed by atoms with Crippen LogP contribution in [0.1, 0.15) is 11.1 Å². The Bertz CT molecular complexity index is 478. The predicted molar refractivity (Wildman–Crippen MR) is 72.8 cm³/mol. The Morgan fingerprint density at radius 1 is 1.44 bits per heavy atom. The Morgan fingerprint density at radius 3 is 2.88 bits per heavy atom. The minimum Gasteiger partial charge on any atom is -0.383 e. The van der Waals surface area contributed by atoms with Crippen molar-refractivity contribution in [1.29, 1.82) is 0 Å². The lowest BCUT2D eigenvalue weighted by molar-refractivity contribution is 0.566. The van der Waals surface area contributed by atoms with E-state index < -0.39 is 0 Å². The van der Waals surface area contributed by atoms with E-state index in [1.807, 2.05) is 31.3 Å². The topological polar surface area (TPSA) is 15.6 Å². The lowest BCUT2D eigenvalue weighted by Gasteiger charge is -2.18. The van der Waals surface area contributed by atoms with Crippen LogP contribution in [-0.4, -0.2) is 24.2 Å². The number of hydrogen-bond acceptors (Lipinski definition) is 2. The monoisotopic (exact) mass is 298 g/mol. The highest BCUT2D eigenvalue weighted by molar-refractivity contribution is 9.10. The maximum Gasteiger partial charge on any atom is 0.133 e. The van der Waals surface area contributed by atoms with Gasteiger partial charge in [-0.2, -0.15) is 0 Å². The summed E-state index contributed by atoms with van der Waals surface area (Å²) in [5.74, 6) is 0. The molecule has 1 heterocycles. The molecule has 16 heavy (non-hydrogen) atoms. The van der Waals surface area contributed by atoms with E-state index in [2.05, 4.69) is 33.1 Å². The molecule has 0 aliphatic carbocycles. The van der Waals surface area contributed by atoms with Gasteiger partial charge in [0.25, 0.3) is 0 Å². The van der Waals surface area contributed by atoms with Crippen molar-refractivity contribution in [2.75, 3.05) is 14.1 Å². The third-order valence-electron chi connectivity index (χ3n) is 2.36. The second kappa shape index (κ2) is 4.60. The Hall–Kier alpha value is -0.800. The van der Waals surface area contributed by atoms with Crippen molar-refractivity contribution >= 4 is 38.3 Å². The minimum absolute atomic E-state index is 0.587. The minimum atomic E-state index is 0.587.